The van der Waals surface area contributed by atoms with Crippen LogP contribution in [0.4, 0.5) is 0 Å². The molecule has 2 fully saturated rings. The van der Waals surface area contributed by atoms with Gasteiger partial charge in [0.2, 0.25) is 5.91 Å². The molecule has 0 bridgehead atoms. The van der Waals surface area contributed by atoms with Crippen LogP contribution >= 0.6 is 0 Å². The highest BCUT2D eigenvalue weighted by molar-refractivity contribution is 5.80. The van der Waals surface area contributed by atoms with Crippen LogP contribution in [0.2, 0.25) is 0 Å². The second-order valence-corrected chi connectivity index (χ2v) is 7.55. The van der Waals surface area contributed by atoms with Gasteiger partial charge in [0.1, 0.15) is 0 Å². The summed E-state index contributed by atoms with van der Waals surface area (Å²) in [6.45, 7) is 4.58. The first-order valence-corrected chi connectivity index (χ1v) is 10.2. The number of fused-ring (bicyclic) bond motifs is 1. The van der Waals surface area contributed by atoms with E-state index in [1.165, 1.54) is 0 Å². The molecule has 1 amide bonds. The van der Waals surface area contributed by atoms with Crippen LogP contribution in [-0.4, -0.2) is 69.1 Å². The quantitative estimate of drug-likeness (QED) is 0.729. The van der Waals surface area contributed by atoms with E-state index in [0.29, 0.717) is 26.2 Å². The average molecular weight is 385 g/mol. The minimum atomic E-state index is -0.201. The fourth-order valence-corrected chi connectivity index (χ4v) is 4.32. The molecule has 2 aliphatic rings. The number of carbonyl (C=O) groups excluding carboxylic acids is 2. The molecule has 2 aromatic heterocycles. The van der Waals surface area contributed by atoms with E-state index in [1.54, 1.807) is 0 Å². The van der Waals surface area contributed by atoms with Gasteiger partial charge in [0.05, 0.1) is 25.1 Å². The molecule has 8 heteroatoms. The predicted molar refractivity (Wildman–Crippen MR) is 102 cm³/mol. The molecular formula is C20H27N5O3. The van der Waals surface area contributed by atoms with Crippen LogP contribution < -0.4 is 0 Å². The smallest absolute Gasteiger partial charge is 0.310 e. The Kier molecular flexibility index (Phi) is 5.57. The second kappa shape index (κ2) is 8.26. The van der Waals surface area contributed by atoms with Gasteiger partial charge < -0.3 is 9.64 Å². The first-order chi connectivity index (χ1) is 13.7. The number of carbonyl (C=O) groups is 2. The molecule has 0 aromatic carbocycles. The van der Waals surface area contributed by atoms with Gasteiger partial charge in [0.15, 0.2) is 11.5 Å². The zero-order valence-corrected chi connectivity index (χ0v) is 16.3. The highest BCUT2D eigenvalue weighted by Crippen LogP contribution is 2.31. The van der Waals surface area contributed by atoms with E-state index in [2.05, 4.69) is 15.1 Å². The van der Waals surface area contributed by atoms with Gasteiger partial charge in [-0.25, -0.2) is 0 Å². The van der Waals surface area contributed by atoms with E-state index in [1.807, 2.05) is 40.6 Å². The maximum absolute atomic E-state index is 12.9. The number of hydrogen-bond donors (Lipinski definition) is 0. The van der Waals surface area contributed by atoms with Crippen molar-refractivity contribution >= 4 is 17.5 Å². The van der Waals surface area contributed by atoms with Crippen LogP contribution in [0.3, 0.4) is 0 Å². The van der Waals surface area contributed by atoms with Crippen molar-refractivity contribution in [3.8, 4) is 0 Å². The summed E-state index contributed by atoms with van der Waals surface area (Å²) < 4.78 is 7.15. The molecule has 150 valence electrons. The molecule has 4 heterocycles. The van der Waals surface area contributed by atoms with Gasteiger partial charge in [0, 0.05) is 19.3 Å². The van der Waals surface area contributed by atoms with Gasteiger partial charge in [-0.1, -0.05) is 6.07 Å². The Morgan fingerprint density at radius 3 is 2.89 bits per heavy atom. The van der Waals surface area contributed by atoms with Gasteiger partial charge >= 0.3 is 5.97 Å². The van der Waals surface area contributed by atoms with Crippen LogP contribution in [0.15, 0.2) is 24.4 Å². The summed E-state index contributed by atoms with van der Waals surface area (Å²) >= 11 is 0. The van der Waals surface area contributed by atoms with Crippen molar-refractivity contribution in [1.82, 2.24) is 24.4 Å². The number of nitrogens with zero attached hydrogens (tertiary/aromatic N) is 5. The van der Waals surface area contributed by atoms with Gasteiger partial charge in [-0.3, -0.25) is 18.9 Å². The summed E-state index contributed by atoms with van der Waals surface area (Å²) in [5.41, 5.74) is 0.823. The second-order valence-electron chi connectivity index (χ2n) is 7.55. The topological polar surface area (TPSA) is 80.0 Å². The zero-order chi connectivity index (χ0) is 19.5. The van der Waals surface area contributed by atoms with Crippen LogP contribution in [-0.2, 0) is 14.3 Å². The molecule has 2 atom stereocenters. The molecule has 2 saturated heterocycles. The molecule has 4 rings (SSSR count). The largest absolute Gasteiger partial charge is 0.466 e. The zero-order valence-electron chi connectivity index (χ0n) is 16.3. The number of aromatic nitrogens is 3. The minimum absolute atomic E-state index is 0.0784. The third-order valence-corrected chi connectivity index (χ3v) is 5.73. The number of ether oxygens (including phenoxy) is 1. The number of esters is 1. The Hall–Kier alpha value is -2.48. The minimum Gasteiger partial charge on any atom is -0.466 e. The molecule has 0 saturated carbocycles. The van der Waals surface area contributed by atoms with E-state index in [9.17, 15) is 9.59 Å². The van der Waals surface area contributed by atoms with Crippen LogP contribution in [0.1, 0.15) is 44.5 Å². The van der Waals surface area contributed by atoms with Gasteiger partial charge in [-0.2, -0.15) is 0 Å². The van der Waals surface area contributed by atoms with Crippen molar-refractivity contribution in [2.45, 2.75) is 38.6 Å². The Labute approximate surface area is 164 Å². The summed E-state index contributed by atoms with van der Waals surface area (Å²) in [7, 11) is 0. The van der Waals surface area contributed by atoms with E-state index in [0.717, 1.165) is 43.7 Å². The molecule has 0 aliphatic carbocycles. The maximum Gasteiger partial charge on any atom is 0.310 e. The summed E-state index contributed by atoms with van der Waals surface area (Å²) in [6, 6.07) is 5.93. The highest BCUT2D eigenvalue weighted by Gasteiger charge is 2.34. The van der Waals surface area contributed by atoms with E-state index in [-0.39, 0.29) is 23.8 Å². The lowest BCUT2D eigenvalue weighted by atomic mass is 9.98. The van der Waals surface area contributed by atoms with Gasteiger partial charge in [-0.05, 0) is 51.3 Å². The summed E-state index contributed by atoms with van der Waals surface area (Å²) in [5, 5.41) is 8.64. The third kappa shape index (κ3) is 3.73. The lowest BCUT2D eigenvalue weighted by Crippen LogP contribution is -2.46. The summed E-state index contributed by atoms with van der Waals surface area (Å²) in [5.74, 6) is 0.583. The highest BCUT2D eigenvalue weighted by atomic mass is 16.5. The average Bonchev–Trinajstić information content (AvgIpc) is 3.34. The Morgan fingerprint density at radius 2 is 2.04 bits per heavy atom. The van der Waals surface area contributed by atoms with E-state index >= 15 is 0 Å². The summed E-state index contributed by atoms with van der Waals surface area (Å²) in [4.78, 5) is 29.0. The molecule has 2 aliphatic heterocycles. The molecule has 2 aromatic rings. The summed E-state index contributed by atoms with van der Waals surface area (Å²) in [6.07, 6.45) is 5.60. The SMILES string of the molecule is CCOC(=O)[C@H]1CCCN(C(=O)CN2CCC[C@@H]2c2nnc3ccccn23)C1. The van der Waals surface area contributed by atoms with Crippen molar-refractivity contribution in [2.24, 2.45) is 5.92 Å². The lowest BCUT2D eigenvalue weighted by molar-refractivity contribution is -0.151. The van der Waals surface area contributed by atoms with Gasteiger partial charge in [0.25, 0.3) is 0 Å². The molecule has 28 heavy (non-hydrogen) atoms. The maximum atomic E-state index is 12.9. The molecule has 0 spiro atoms. The monoisotopic (exact) mass is 385 g/mol. The van der Waals surface area contributed by atoms with Crippen molar-refractivity contribution in [3.63, 3.8) is 0 Å². The van der Waals surface area contributed by atoms with Crippen molar-refractivity contribution in [3.05, 3.63) is 30.2 Å². The van der Waals surface area contributed by atoms with E-state index in [4.69, 9.17) is 4.74 Å². The normalized spacial score (nSPS) is 23.2. The first kappa shape index (κ1) is 18.9. The van der Waals surface area contributed by atoms with Crippen LogP contribution in [0, 0.1) is 5.92 Å². The lowest BCUT2D eigenvalue weighted by Gasteiger charge is -2.33. The Balaban J connectivity index is 1.43. The van der Waals surface area contributed by atoms with Gasteiger partial charge in [-0.15, -0.1) is 10.2 Å². The number of likely N-dealkylation sites (tertiary alicyclic amines) is 2. The van der Waals surface area contributed by atoms with Crippen molar-refractivity contribution < 1.29 is 14.3 Å². The van der Waals surface area contributed by atoms with Crippen LogP contribution in [0.25, 0.3) is 5.65 Å². The first-order valence-electron chi connectivity index (χ1n) is 10.2. The fraction of sp³-hybridized carbons (Fsp3) is 0.600. The predicted octanol–water partition coefficient (Wildman–Crippen LogP) is 1.67. The molecule has 8 nitrogen and oxygen atoms in total. The Bertz CT molecular complexity index is 851. The Morgan fingerprint density at radius 1 is 1.18 bits per heavy atom. The number of rotatable bonds is 5. The third-order valence-electron chi connectivity index (χ3n) is 5.73. The molecule has 0 N–H and O–H groups in total. The van der Waals surface area contributed by atoms with Crippen molar-refractivity contribution in [1.29, 1.82) is 0 Å². The van der Waals surface area contributed by atoms with Crippen LogP contribution in [0.5, 0.6) is 0 Å². The molecule has 0 radical (unpaired) electrons. The molecule has 0 unspecified atom stereocenters. The standard InChI is InChI=1S/C20H27N5O3/c1-2-28-20(27)15-7-5-11-24(13-15)18(26)14-23-10-6-8-16(23)19-22-21-17-9-3-4-12-25(17)19/h3-4,9,12,15-16H,2,5-8,10-11,13-14H2,1H3/t15-,16+/m0/s1. The van der Waals surface area contributed by atoms with E-state index < -0.39 is 0 Å². The number of piperidine rings is 1. The fourth-order valence-electron chi connectivity index (χ4n) is 4.32. The van der Waals surface area contributed by atoms with Crippen molar-refractivity contribution in [2.75, 3.05) is 32.8 Å². The number of amides is 1. The molecular weight excluding hydrogens is 358 g/mol. The number of hydrogen-bond acceptors (Lipinski definition) is 6. The number of pyridine rings is 1.